The molecular formula is C50H34N2O2. The zero-order valence-electron chi connectivity index (χ0n) is 29.9. The third-order valence-corrected chi connectivity index (χ3v) is 11.3. The summed E-state index contributed by atoms with van der Waals surface area (Å²) in [6, 6.07) is 60.1. The van der Waals surface area contributed by atoms with Gasteiger partial charge < -0.3 is 13.7 Å². The molecule has 0 unspecified atom stereocenters. The Morgan fingerprint density at radius 1 is 0.481 bits per heavy atom. The van der Waals surface area contributed by atoms with Crippen LogP contribution in [-0.4, -0.2) is 4.98 Å². The Labute approximate surface area is 312 Å². The summed E-state index contributed by atoms with van der Waals surface area (Å²) in [7, 11) is 0. The van der Waals surface area contributed by atoms with Crippen LogP contribution >= 0.6 is 0 Å². The summed E-state index contributed by atoms with van der Waals surface area (Å²) >= 11 is 0. The van der Waals surface area contributed by atoms with Gasteiger partial charge in [0.2, 0.25) is 5.89 Å². The van der Waals surface area contributed by atoms with E-state index in [2.05, 4.69) is 146 Å². The molecule has 2 aromatic heterocycles. The molecule has 0 saturated carbocycles. The second kappa shape index (κ2) is 11.5. The van der Waals surface area contributed by atoms with Gasteiger partial charge in [-0.05, 0) is 98.8 Å². The standard InChI is InChI=1S/C50H34N2O2/c1-50(2)42-21-10-8-19-38(42)40-29-37(25-26-43(40)50)52(36-18-12-17-34(28-36)35-24-23-31-13-6-7-16-33(31)27-35)47-46-45(54-49(51-46)32-14-4-3-5-15-32)30-41-39-20-9-11-22-44(39)53-48(41)47/h3-30H,1-2H3. The van der Waals surface area contributed by atoms with Crippen LogP contribution in [0, 0.1) is 0 Å². The first-order chi connectivity index (χ1) is 26.5. The summed E-state index contributed by atoms with van der Waals surface area (Å²) in [6.07, 6.45) is 0. The maximum absolute atomic E-state index is 6.85. The van der Waals surface area contributed by atoms with Crippen LogP contribution in [0.3, 0.4) is 0 Å². The van der Waals surface area contributed by atoms with Gasteiger partial charge in [-0.1, -0.05) is 129 Å². The van der Waals surface area contributed by atoms with Crippen LogP contribution in [0.2, 0.25) is 0 Å². The van der Waals surface area contributed by atoms with Gasteiger partial charge in [0.15, 0.2) is 11.2 Å². The fourth-order valence-corrected chi connectivity index (χ4v) is 8.58. The van der Waals surface area contributed by atoms with Crippen LogP contribution in [0.4, 0.5) is 17.1 Å². The summed E-state index contributed by atoms with van der Waals surface area (Å²) < 4.78 is 13.5. The van der Waals surface area contributed by atoms with Crippen LogP contribution in [0.25, 0.3) is 77.5 Å². The number of anilines is 3. The molecule has 0 fully saturated rings. The van der Waals surface area contributed by atoms with Crippen molar-refractivity contribution < 1.29 is 8.83 Å². The first-order valence-electron chi connectivity index (χ1n) is 18.5. The summed E-state index contributed by atoms with van der Waals surface area (Å²) in [4.78, 5) is 7.58. The molecule has 4 nitrogen and oxygen atoms in total. The van der Waals surface area contributed by atoms with Gasteiger partial charge in [0, 0.05) is 33.1 Å². The molecule has 8 aromatic carbocycles. The van der Waals surface area contributed by atoms with Crippen molar-refractivity contribution in [2.75, 3.05) is 4.90 Å². The Morgan fingerprint density at radius 3 is 2.11 bits per heavy atom. The lowest BCUT2D eigenvalue weighted by Crippen LogP contribution is -2.15. The SMILES string of the molecule is CC1(C)c2ccccc2-c2cc(N(c3cccc(-c4ccc5ccccc5c4)c3)c3c4nc(-c5ccccc5)oc4cc4c3oc3ccccc34)ccc21. The zero-order chi connectivity index (χ0) is 36.0. The van der Waals surface area contributed by atoms with Crippen molar-refractivity contribution in [2.45, 2.75) is 19.3 Å². The molecule has 0 spiro atoms. The number of aromatic nitrogens is 1. The Kier molecular flexibility index (Phi) is 6.56. The highest BCUT2D eigenvalue weighted by Crippen LogP contribution is 2.52. The third kappa shape index (κ3) is 4.60. The van der Waals surface area contributed by atoms with Crippen molar-refractivity contribution in [3.63, 3.8) is 0 Å². The minimum atomic E-state index is -0.117. The first kappa shape index (κ1) is 30.7. The molecule has 10 aromatic rings. The van der Waals surface area contributed by atoms with E-state index >= 15 is 0 Å². The van der Waals surface area contributed by atoms with Crippen molar-refractivity contribution in [3.05, 3.63) is 181 Å². The Morgan fingerprint density at radius 2 is 1.20 bits per heavy atom. The second-order valence-corrected chi connectivity index (χ2v) is 14.8. The molecule has 0 atom stereocenters. The highest BCUT2D eigenvalue weighted by Gasteiger charge is 2.36. The normalized spacial score (nSPS) is 13.1. The maximum Gasteiger partial charge on any atom is 0.227 e. The topological polar surface area (TPSA) is 42.4 Å². The molecule has 11 rings (SSSR count). The van der Waals surface area contributed by atoms with Gasteiger partial charge in [-0.25, -0.2) is 4.98 Å². The van der Waals surface area contributed by atoms with Crippen molar-refractivity contribution in [1.82, 2.24) is 4.98 Å². The van der Waals surface area contributed by atoms with Crippen molar-refractivity contribution in [2.24, 2.45) is 0 Å². The number of benzene rings is 8. The van der Waals surface area contributed by atoms with Crippen molar-refractivity contribution in [1.29, 1.82) is 0 Å². The van der Waals surface area contributed by atoms with E-state index in [9.17, 15) is 0 Å². The lowest BCUT2D eigenvalue weighted by atomic mass is 9.82. The van der Waals surface area contributed by atoms with Gasteiger partial charge in [0.25, 0.3) is 0 Å². The largest absolute Gasteiger partial charge is 0.454 e. The Bertz CT molecular complexity index is 3100. The summed E-state index contributed by atoms with van der Waals surface area (Å²) in [5.74, 6) is 0.568. The number of nitrogens with zero attached hydrogens (tertiary/aromatic N) is 2. The Hall–Kier alpha value is -6.91. The molecule has 0 radical (unpaired) electrons. The van der Waals surface area contributed by atoms with E-state index < -0.39 is 0 Å². The van der Waals surface area contributed by atoms with Gasteiger partial charge in [-0.3, -0.25) is 0 Å². The first-order valence-corrected chi connectivity index (χ1v) is 18.5. The average molecular weight is 695 g/mol. The number of oxazole rings is 1. The highest BCUT2D eigenvalue weighted by molar-refractivity contribution is 6.18. The lowest BCUT2D eigenvalue weighted by molar-refractivity contribution is 0.620. The minimum absolute atomic E-state index is 0.117. The molecule has 0 saturated heterocycles. The lowest BCUT2D eigenvalue weighted by Gasteiger charge is -2.27. The van der Waals surface area contributed by atoms with Gasteiger partial charge in [-0.2, -0.15) is 0 Å². The fourth-order valence-electron chi connectivity index (χ4n) is 8.58. The van der Waals surface area contributed by atoms with E-state index in [1.165, 1.54) is 33.0 Å². The minimum Gasteiger partial charge on any atom is -0.454 e. The number of hydrogen-bond donors (Lipinski definition) is 0. The van der Waals surface area contributed by atoms with Gasteiger partial charge in [0.05, 0.1) is 0 Å². The second-order valence-electron chi connectivity index (χ2n) is 14.8. The van der Waals surface area contributed by atoms with E-state index in [-0.39, 0.29) is 5.41 Å². The van der Waals surface area contributed by atoms with E-state index in [1.54, 1.807) is 0 Å². The van der Waals surface area contributed by atoms with Gasteiger partial charge in [0.1, 0.15) is 16.8 Å². The number of furan rings is 1. The number of fused-ring (bicyclic) bond motifs is 8. The number of rotatable bonds is 5. The van der Waals surface area contributed by atoms with Gasteiger partial charge in [-0.15, -0.1) is 0 Å². The van der Waals surface area contributed by atoms with Crippen LogP contribution in [0.1, 0.15) is 25.0 Å². The van der Waals surface area contributed by atoms with Crippen molar-refractivity contribution >= 4 is 60.9 Å². The summed E-state index contributed by atoms with van der Waals surface area (Å²) in [6.45, 7) is 4.64. The molecule has 256 valence electrons. The molecule has 54 heavy (non-hydrogen) atoms. The monoisotopic (exact) mass is 694 g/mol. The van der Waals surface area contributed by atoms with E-state index in [4.69, 9.17) is 13.8 Å². The van der Waals surface area contributed by atoms with Gasteiger partial charge >= 0.3 is 0 Å². The smallest absolute Gasteiger partial charge is 0.227 e. The van der Waals surface area contributed by atoms with Crippen LogP contribution in [0.15, 0.2) is 179 Å². The third-order valence-electron chi connectivity index (χ3n) is 11.3. The average Bonchev–Trinajstić information content (AvgIpc) is 3.88. The van der Waals surface area contributed by atoms with Crippen molar-refractivity contribution in [3.8, 4) is 33.7 Å². The predicted octanol–water partition coefficient (Wildman–Crippen LogP) is 14.0. The van der Waals surface area contributed by atoms with E-state index in [0.29, 0.717) is 11.5 Å². The highest BCUT2D eigenvalue weighted by atomic mass is 16.4. The van der Waals surface area contributed by atoms with Crippen LogP contribution in [0.5, 0.6) is 0 Å². The zero-order valence-corrected chi connectivity index (χ0v) is 29.9. The maximum atomic E-state index is 6.85. The fraction of sp³-hybridized carbons (Fsp3) is 0.0600. The van der Waals surface area contributed by atoms with Crippen LogP contribution in [-0.2, 0) is 5.41 Å². The quantitative estimate of drug-likeness (QED) is 0.180. The number of para-hydroxylation sites is 1. The van der Waals surface area contributed by atoms with E-state index in [0.717, 1.165) is 61.2 Å². The molecule has 1 aliphatic carbocycles. The molecule has 0 aliphatic heterocycles. The molecule has 4 heteroatoms. The molecule has 2 heterocycles. The number of hydrogen-bond acceptors (Lipinski definition) is 4. The van der Waals surface area contributed by atoms with Crippen LogP contribution < -0.4 is 4.90 Å². The Balaban J connectivity index is 1.22. The summed E-state index contributed by atoms with van der Waals surface area (Å²) in [5.41, 5.74) is 14.1. The molecule has 0 bridgehead atoms. The van der Waals surface area contributed by atoms with E-state index in [1.807, 2.05) is 42.5 Å². The molecular weight excluding hydrogens is 661 g/mol. The molecule has 1 aliphatic rings. The molecule has 0 N–H and O–H groups in total. The predicted molar refractivity (Wildman–Crippen MR) is 222 cm³/mol. The summed E-state index contributed by atoms with van der Waals surface area (Å²) in [5, 5.41) is 4.44. The molecule has 0 amide bonds.